The highest BCUT2D eigenvalue weighted by atomic mass is 16.5. The van der Waals surface area contributed by atoms with E-state index in [0.717, 1.165) is 45.1 Å². The van der Waals surface area contributed by atoms with Gasteiger partial charge in [-0.2, -0.15) is 0 Å². The van der Waals surface area contributed by atoms with E-state index in [0.29, 0.717) is 5.92 Å². The van der Waals surface area contributed by atoms with E-state index in [9.17, 15) is 0 Å². The number of aromatic nitrogens is 1. The number of ether oxygens (including phenoxy) is 1. The van der Waals surface area contributed by atoms with Gasteiger partial charge in [0.2, 0.25) is 0 Å². The summed E-state index contributed by atoms with van der Waals surface area (Å²) in [6.45, 7) is 11.8. The third-order valence-electron chi connectivity index (χ3n) is 3.02. The maximum absolute atomic E-state index is 5.35. The first-order valence-corrected chi connectivity index (χ1v) is 7.52. The predicted octanol–water partition coefficient (Wildman–Crippen LogP) is 2.30. The Morgan fingerprint density at radius 3 is 2.75 bits per heavy atom. The molecule has 4 nitrogen and oxygen atoms in total. The first-order chi connectivity index (χ1) is 9.61. The highest BCUT2D eigenvalue weighted by Gasteiger charge is 2.02. The fourth-order valence-corrected chi connectivity index (χ4v) is 1.88. The quantitative estimate of drug-likeness (QED) is 0.667. The molecule has 1 rings (SSSR count). The third-order valence-corrected chi connectivity index (χ3v) is 3.02. The standard InChI is InChI=1S/C16H29N3O/c1-5-20-9-8-19(4)13-16-7-6-15(12-18-16)11-17-10-14(2)3/h6-7,12,14,17H,5,8-11,13H2,1-4H3. The van der Waals surface area contributed by atoms with Crippen LogP contribution >= 0.6 is 0 Å². The minimum Gasteiger partial charge on any atom is -0.380 e. The van der Waals surface area contributed by atoms with Gasteiger partial charge in [0.05, 0.1) is 12.3 Å². The largest absolute Gasteiger partial charge is 0.380 e. The second-order valence-electron chi connectivity index (χ2n) is 5.62. The normalized spacial score (nSPS) is 11.5. The maximum atomic E-state index is 5.35. The van der Waals surface area contributed by atoms with Crippen LogP contribution in [0.5, 0.6) is 0 Å². The monoisotopic (exact) mass is 279 g/mol. The summed E-state index contributed by atoms with van der Waals surface area (Å²) in [5, 5.41) is 3.43. The summed E-state index contributed by atoms with van der Waals surface area (Å²) in [5.74, 6) is 0.682. The molecule has 0 fully saturated rings. The van der Waals surface area contributed by atoms with Gasteiger partial charge in [0, 0.05) is 32.4 Å². The molecular weight excluding hydrogens is 250 g/mol. The number of nitrogens with one attached hydrogen (secondary N) is 1. The summed E-state index contributed by atoms with van der Waals surface area (Å²) in [6, 6.07) is 4.27. The van der Waals surface area contributed by atoms with Crippen LogP contribution in [0.2, 0.25) is 0 Å². The Bertz CT molecular complexity index is 351. The molecule has 0 spiro atoms. The molecule has 1 heterocycles. The maximum Gasteiger partial charge on any atom is 0.0593 e. The molecule has 0 aliphatic heterocycles. The second-order valence-corrected chi connectivity index (χ2v) is 5.62. The Kier molecular flexibility index (Phi) is 8.42. The molecule has 114 valence electrons. The topological polar surface area (TPSA) is 37.4 Å². The van der Waals surface area contributed by atoms with Crippen molar-refractivity contribution in [3.8, 4) is 0 Å². The summed E-state index contributed by atoms with van der Waals surface area (Å²) in [4.78, 5) is 6.75. The Morgan fingerprint density at radius 1 is 1.35 bits per heavy atom. The van der Waals surface area contributed by atoms with Gasteiger partial charge in [-0.1, -0.05) is 19.9 Å². The highest BCUT2D eigenvalue weighted by Crippen LogP contribution is 2.03. The lowest BCUT2D eigenvalue weighted by atomic mass is 10.2. The van der Waals surface area contributed by atoms with Crippen molar-refractivity contribution < 1.29 is 4.74 Å². The molecule has 1 aromatic rings. The molecule has 0 aliphatic rings. The predicted molar refractivity (Wildman–Crippen MR) is 83.6 cm³/mol. The molecule has 0 saturated carbocycles. The van der Waals surface area contributed by atoms with E-state index in [-0.39, 0.29) is 0 Å². The van der Waals surface area contributed by atoms with Gasteiger partial charge in [0.1, 0.15) is 0 Å². The van der Waals surface area contributed by atoms with Crippen molar-refractivity contribution in [3.05, 3.63) is 29.6 Å². The highest BCUT2D eigenvalue weighted by molar-refractivity contribution is 5.13. The Hall–Kier alpha value is -0.970. The number of rotatable bonds is 10. The van der Waals surface area contributed by atoms with E-state index in [1.165, 1.54) is 5.56 Å². The van der Waals surface area contributed by atoms with Crippen molar-refractivity contribution in [2.45, 2.75) is 33.9 Å². The zero-order valence-electron chi connectivity index (χ0n) is 13.4. The van der Waals surface area contributed by atoms with Gasteiger partial charge in [-0.25, -0.2) is 0 Å². The van der Waals surface area contributed by atoms with Crippen LogP contribution in [-0.2, 0) is 17.8 Å². The van der Waals surface area contributed by atoms with Gasteiger partial charge in [0.15, 0.2) is 0 Å². The van der Waals surface area contributed by atoms with E-state index in [1.54, 1.807) is 0 Å². The Balaban J connectivity index is 2.30. The lowest BCUT2D eigenvalue weighted by Crippen LogP contribution is -2.23. The van der Waals surface area contributed by atoms with Crippen LogP contribution in [0, 0.1) is 5.92 Å². The van der Waals surface area contributed by atoms with E-state index in [1.807, 2.05) is 13.1 Å². The molecule has 0 bridgehead atoms. The lowest BCUT2D eigenvalue weighted by Gasteiger charge is -2.16. The Labute approximate surface area is 123 Å². The summed E-state index contributed by atoms with van der Waals surface area (Å²) in [7, 11) is 2.10. The molecule has 0 aromatic carbocycles. The van der Waals surface area contributed by atoms with Crippen LogP contribution in [0.1, 0.15) is 32.0 Å². The fourth-order valence-electron chi connectivity index (χ4n) is 1.88. The van der Waals surface area contributed by atoms with Gasteiger partial charge < -0.3 is 10.1 Å². The molecule has 0 amide bonds. The van der Waals surface area contributed by atoms with Crippen molar-refractivity contribution in [1.29, 1.82) is 0 Å². The number of nitrogens with zero attached hydrogens (tertiary/aromatic N) is 2. The average molecular weight is 279 g/mol. The molecule has 4 heteroatoms. The lowest BCUT2D eigenvalue weighted by molar-refractivity contribution is 0.120. The molecule has 0 unspecified atom stereocenters. The van der Waals surface area contributed by atoms with Crippen LogP contribution in [0.4, 0.5) is 0 Å². The Morgan fingerprint density at radius 2 is 2.15 bits per heavy atom. The van der Waals surface area contributed by atoms with Gasteiger partial charge >= 0.3 is 0 Å². The van der Waals surface area contributed by atoms with E-state index < -0.39 is 0 Å². The molecule has 1 aromatic heterocycles. The van der Waals surface area contributed by atoms with E-state index in [2.05, 4.69) is 48.2 Å². The average Bonchev–Trinajstić information content (AvgIpc) is 2.41. The molecule has 1 N–H and O–H groups in total. The van der Waals surface area contributed by atoms with Gasteiger partial charge in [-0.3, -0.25) is 9.88 Å². The molecule has 20 heavy (non-hydrogen) atoms. The zero-order valence-corrected chi connectivity index (χ0v) is 13.4. The minimum atomic E-state index is 0.682. The second kappa shape index (κ2) is 9.86. The first-order valence-electron chi connectivity index (χ1n) is 7.52. The SMILES string of the molecule is CCOCCN(C)Cc1ccc(CNCC(C)C)cn1. The number of likely N-dealkylation sites (N-methyl/N-ethyl adjacent to an activating group) is 1. The molecule has 0 radical (unpaired) electrons. The van der Waals surface area contributed by atoms with Crippen LogP contribution in [0.25, 0.3) is 0 Å². The number of hydrogen-bond acceptors (Lipinski definition) is 4. The fraction of sp³-hybridized carbons (Fsp3) is 0.688. The molecule has 0 saturated heterocycles. The van der Waals surface area contributed by atoms with E-state index >= 15 is 0 Å². The summed E-state index contributed by atoms with van der Waals surface area (Å²) < 4.78 is 5.35. The van der Waals surface area contributed by atoms with Crippen molar-refractivity contribution in [3.63, 3.8) is 0 Å². The van der Waals surface area contributed by atoms with Crippen molar-refractivity contribution in [1.82, 2.24) is 15.2 Å². The van der Waals surface area contributed by atoms with Gasteiger partial charge in [0.25, 0.3) is 0 Å². The molecule has 0 atom stereocenters. The van der Waals surface area contributed by atoms with Crippen LogP contribution in [-0.4, -0.2) is 43.2 Å². The minimum absolute atomic E-state index is 0.682. The van der Waals surface area contributed by atoms with E-state index in [4.69, 9.17) is 4.74 Å². The first kappa shape index (κ1) is 17.1. The number of pyridine rings is 1. The van der Waals surface area contributed by atoms with Gasteiger partial charge in [-0.05, 0) is 38.1 Å². The van der Waals surface area contributed by atoms with Crippen LogP contribution in [0.3, 0.4) is 0 Å². The number of hydrogen-bond donors (Lipinski definition) is 1. The van der Waals surface area contributed by atoms with Gasteiger partial charge in [-0.15, -0.1) is 0 Å². The smallest absolute Gasteiger partial charge is 0.0593 e. The van der Waals surface area contributed by atoms with Crippen LogP contribution < -0.4 is 5.32 Å². The summed E-state index contributed by atoms with van der Waals surface area (Å²) in [6.07, 6.45) is 1.97. The third kappa shape index (κ3) is 7.58. The molecule has 0 aliphatic carbocycles. The summed E-state index contributed by atoms with van der Waals surface area (Å²) >= 11 is 0. The van der Waals surface area contributed by atoms with Crippen molar-refractivity contribution >= 4 is 0 Å². The molecular formula is C16H29N3O. The van der Waals surface area contributed by atoms with Crippen molar-refractivity contribution in [2.75, 3.05) is 33.4 Å². The van der Waals surface area contributed by atoms with Crippen LogP contribution in [0.15, 0.2) is 18.3 Å². The zero-order chi connectivity index (χ0) is 14.8. The van der Waals surface area contributed by atoms with Crippen molar-refractivity contribution in [2.24, 2.45) is 5.92 Å². The summed E-state index contributed by atoms with van der Waals surface area (Å²) in [5.41, 5.74) is 2.35.